The summed E-state index contributed by atoms with van der Waals surface area (Å²) in [5.41, 5.74) is 1.17. The minimum absolute atomic E-state index is 0.458. The molecule has 0 saturated heterocycles. The van der Waals surface area contributed by atoms with Gasteiger partial charge in [-0.2, -0.15) is 0 Å². The van der Waals surface area contributed by atoms with E-state index in [0.717, 1.165) is 31.2 Å². The van der Waals surface area contributed by atoms with Crippen LogP contribution in [-0.2, 0) is 6.54 Å². The Morgan fingerprint density at radius 1 is 1.41 bits per heavy atom. The van der Waals surface area contributed by atoms with Crippen molar-refractivity contribution in [3.05, 3.63) is 17.6 Å². The van der Waals surface area contributed by atoms with Crippen molar-refractivity contribution in [1.82, 2.24) is 15.3 Å². The predicted octanol–water partition coefficient (Wildman–Crippen LogP) is 2.13. The van der Waals surface area contributed by atoms with Gasteiger partial charge < -0.3 is 10.2 Å². The van der Waals surface area contributed by atoms with Crippen LogP contribution in [0.5, 0.6) is 0 Å². The molecule has 96 valence electrons. The SMILES string of the molecule is CCCN(c1nc(C)ncc1CNC)C(C)C. The van der Waals surface area contributed by atoms with E-state index >= 15 is 0 Å². The van der Waals surface area contributed by atoms with Gasteiger partial charge in [-0.1, -0.05) is 6.92 Å². The summed E-state index contributed by atoms with van der Waals surface area (Å²) in [7, 11) is 1.95. The molecular weight excluding hydrogens is 212 g/mol. The first kappa shape index (κ1) is 13.9. The fourth-order valence-corrected chi connectivity index (χ4v) is 1.90. The maximum atomic E-state index is 4.61. The molecule has 1 heterocycles. The normalized spacial score (nSPS) is 10.9. The van der Waals surface area contributed by atoms with Crippen LogP contribution in [0.1, 0.15) is 38.6 Å². The van der Waals surface area contributed by atoms with Crippen LogP contribution in [0.25, 0.3) is 0 Å². The molecule has 0 aliphatic carbocycles. The maximum Gasteiger partial charge on any atom is 0.137 e. The quantitative estimate of drug-likeness (QED) is 0.821. The number of aromatic nitrogens is 2. The zero-order chi connectivity index (χ0) is 12.8. The van der Waals surface area contributed by atoms with Crippen LogP contribution >= 0.6 is 0 Å². The average Bonchev–Trinajstić information content (AvgIpc) is 2.28. The van der Waals surface area contributed by atoms with Crippen LogP contribution in [0, 0.1) is 6.92 Å². The Hall–Kier alpha value is -1.16. The minimum atomic E-state index is 0.458. The highest BCUT2D eigenvalue weighted by atomic mass is 15.2. The molecule has 0 aromatic carbocycles. The molecule has 0 saturated carbocycles. The van der Waals surface area contributed by atoms with Gasteiger partial charge in [0.05, 0.1) is 0 Å². The fraction of sp³-hybridized carbons (Fsp3) is 0.692. The zero-order valence-electron chi connectivity index (χ0n) is 11.6. The molecule has 1 N–H and O–H groups in total. The van der Waals surface area contributed by atoms with Gasteiger partial charge in [-0.05, 0) is 34.2 Å². The Labute approximate surface area is 104 Å². The molecule has 1 rings (SSSR count). The molecule has 1 aromatic heterocycles. The Morgan fingerprint density at radius 2 is 2.12 bits per heavy atom. The van der Waals surface area contributed by atoms with Crippen molar-refractivity contribution in [3.8, 4) is 0 Å². The highest BCUT2D eigenvalue weighted by molar-refractivity contribution is 5.46. The van der Waals surface area contributed by atoms with E-state index in [1.54, 1.807) is 0 Å². The van der Waals surface area contributed by atoms with Crippen LogP contribution < -0.4 is 10.2 Å². The zero-order valence-corrected chi connectivity index (χ0v) is 11.6. The van der Waals surface area contributed by atoms with Crippen LogP contribution in [0.2, 0.25) is 0 Å². The van der Waals surface area contributed by atoms with Crippen molar-refractivity contribution in [2.75, 3.05) is 18.5 Å². The Morgan fingerprint density at radius 3 is 2.65 bits per heavy atom. The standard InChI is InChI=1S/C13H24N4/c1-6-7-17(10(2)3)13-12(8-14-5)9-15-11(4)16-13/h9-10,14H,6-8H2,1-5H3. The van der Waals surface area contributed by atoms with Gasteiger partial charge in [-0.25, -0.2) is 9.97 Å². The third-order valence-electron chi connectivity index (χ3n) is 2.69. The van der Waals surface area contributed by atoms with Gasteiger partial charge in [0, 0.05) is 30.9 Å². The molecule has 1 aromatic rings. The summed E-state index contributed by atoms with van der Waals surface area (Å²) in [5.74, 6) is 1.91. The lowest BCUT2D eigenvalue weighted by molar-refractivity contribution is 0.650. The number of aryl methyl sites for hydroxylation is 1. The molecule has 0 amide bonds. The third kappa shape index (κ3) is 3.66. The van der Waals surface area contributed by atoms with Gasteiger partial charge in [0.1, 0.15) is 11.6 Å². The monoisotopic (exact) mass is 236 g/mol. The second-order valence-corrected chi connectivity index (χ2v) is 4.58. The van der Waals surface area contributed by atoms with Crippen molar-refractivity contribution in [3.63, 3.8) is 0 Å². The number of nitrogens with zero attached hydrogens (tertiary/aromatic N) is 3. The second kappa shape index (κ2) is 6.55. The van der Waals surface area contributed by atoms with Crippen molar-refractivity contribution in [1.29, 1.82) is 0 Å². The highest BCUT2D eigenvalue weighted by Gasteiger charge is 2.15. The smallest absolute Gasteiger partial charge is 0.137 e. The Kier molecular flexibility index (Phi) is 5.35. The van der Waals surface area contributed by atoms with Crippen LogP contribution in [0.4, 0.5) is 5.82 Å². The summed E-state index contributed by atoms with van der Waals surface area (Å²) < 4.78 is 0. The van der Waals surface area contributed by atoms with Gasteiger partial charge >= 0.3 is 0 Å². The molecule has 0 aliphatic heterocycles. The average molecular weight is 236 g/mol. The maximum absolute atomic E-state index is 4.61. The summed E-state index contributed by atoms with van der Waals surface area (Å²) in [6, 6.07) is 0.458. The van der Waals surface area contributed by atoms with Gasteiger partial charge in [-0.15, -0.1) is 0 Å². The van der Waals surface area contributed by atoms with Crippen molar-refractivity contribution < 1.29 is 0 Å². The largest absolute Gasteiger partial charge is 0.354 e. The van der Waals surface area contributed by atoms with E-state index in [1.165, 1.54) is 5.56 Å². The predicted molar refractivity (Wildman–Crippen MR) is 72.3 cm³/mol. The molecule has 0 bridgehead atoms. The summed E-state index contributed by atoms with van der Waals surface area (Å²) in [5, 5.41) is 3.17. The van der Waals surface area contributed by atoms with Gasteiger partial charge in [0.25, 0.3) is 0 Å². The molecule has 0 atom stereocenters. The summed E-state index contributed by atoms with van der Waals surface area (Å²) in [4.78, 5) is 11.2. The van der Waals surface area contributed by atoms with E-state index in [-0.39, 0.29) is 0 Å². The summed E-state index contributed by atoms with van der Waals surface area (Å²) >= 11 is 0. The number of rotatable bonds is 6. The van der Waals surface area contributed by atoms with Crippen molar-refractivity contribution in [2.24, 2.45) is 0 Å². The van der Waals surface area contributed by atoms with E-state index in [2.05, 4.69) is 41.0 Å². The molecule has 4 heteroatoms. The molecule has 4 nitrogen and oxygen atoms in total. The van der Waals surface area contributed by atoms with Gasteiger partial charge in [0.15, 0.2) is 0 Å². The lowest BCUT2D eigenvalue weighted by atomic mass is 10.2. The first-order valence-corrected chi connectivity index (χ1v) is 6.33. The topological polar surface area (TPSA) is 41.1 Å². The Bertz CT molecular complexity index is 349. The Balaban J connectivity index is 3.09. The van der Waals surface area contributed by atoms with Crippen molar-refractivity contribution in [2.45, 2.75) is 46.7 Å². The molecule has 0 fully saturated rings. The third-order valence-corrected chi connectivity index (χ3v) is 2.69. The van der Waals surface area contributed by atoms with Crippen LogP contribution in [0.15, 0.2) is 6.20 Å². The summed E-state index contributed by atoms with van der Waals surface area (Å²) in [6.07, 6.45) is 3.05. The molecule has 0 spiro atoms. The first-order chi connectivity index (χ1) is 8.10. The lowest BCUT2D eigenvalue weighted by Gasteiger charge is -2.29. The van der Waals surface area contributed by atoms with E-state index in [0.29, 0.717) is 6.04 Å². The highest BCUT2D eigenvalue weighted by Crippen LogP contribution is 2.20. The molecule has 0 radical (unpaired) electrons. The van der Waals surface area contributed by atoms with Crippen LogP contribution in [-0.4, -0.2) is 29.6 Å². The fourth-order valence-electron chi connectivity index (χ4n) is 1.90. The first-order valence-electron chi connectivity index (χ1n) is 6.33. The van der Waals surface area contributed by atoms with E-state index in [1.807, 2.05) is 20.2 Å². The van der Waals surface area contributed by atoms with Crippen molar-refractivity contribution >= 4 is 5.82 Å². The molecule has 0 aliphatic rings. The van der Waals surface area contributed by atoms with Gasteiger partial charge in [0.2, 0.25) is 0 Å². The number of anilines is 1. The minimum Gasteiger partial charge on any atom is -0.354 e. The van der Waals surface area contributed by atoms with E-state index in [9.17, 15) is 0 Å². The van der Waals surface area contributed by atoms with Gasteiger partial charge in [-0.3, -0.25) is 0 Å². The second-order valence-electron chi connectivity index (χ2n) is 4.58. The number of hydrogen-bond donors (Lipinski definition) is 1. The van der Waals surface area contributed by atoms with E-state index in [4.69, 9.17) is 0 Å². The summed E-state index contributed by atoms with van der Waals surface area (Å²) in [6.45, 7) is 10.4. The molecule has 0 unspecified atom stereocenters. The number of hydrogen-bond acceptors (Lipinski definition) is 4. The van der Waals surface area contributed by atoms with E-state index < -0.39 is 0 Å². The molecule has 17 heavy (non-hydrogen) atoms. The number of nitrogens with one attached hydrogen (secondary N) is 1. The molecular formula is C13H24N4. The lowest BCUT2D eigenvalue weighted by Crippen LogP contribution is -2.33. The van der Waals surface area contributed by atoms with Crippen LogP contribution in [0.3, 0.4) is 0 Å².